The van der Waals surface area contributed by atoms with Gasteiger partial charge in [-0.3, -0.25) is 19.1 Å². The molecule has 3 amide bonds. The zero-order valence-electron chi connectivity index (χ0n) is 19.0. The predicted molar refractivity (Wildman–Crippen MR) is 126 cm³/mol. The molecular weight excluding hydrogens is 430 g/mol. The molecule has 1 aromatic heterocycles. The van der Waals surface area contributed by atoms with Gasteiger partial charge >= 0.3 is 0 Å². The van der Waals surface area contributed by atoms with Crippen LogP contribution in [-0.2, 0) is 16.1 Å². The third kappa shape index (κ3) is 3.36. The smallest absolute Gasteiger partial charge is 0.269 e. The number of para-hydroxylation sites is 1. The van der Waals surface area contributed by atoms with Crippen molar-refractivity contribution in [3.05, 3.63) is 65.9 Å². The number of nitrogens with zero attached hydrogens (tertiary/aromatic N) is 3. The van der Waals surface area contributed by atoms with E-state index in [0.717, 1.165) is 12.8 Å². The molecule has 174 valence electrons. The van der Waals surface area contributed by atoms with Crippen LogP contribution < -0.4 is 11.1 Å². The second-order valence-corrected chi connectivity index (χ2v) is 10.1. The molecule has 3 aliphatic rings. The Balaban J connectivity index is 1.19. The highest BCUT2D eigenvalue weighted by Crippen LogP contribution is 2.52. The maximum Gasteiger partial charge on any atom is 0.269 e. The highest BCUT2D eigenvalue weighted by Gasteiger charge is 2.58. The highest BCUT2D eigenvalue weighted by atomic mass is 16.2. The van der Waals surface area contributed by atoms with Gasteiger partial charge in [0, 0.05) is 22.9 Å². The van der Waals surface area contributed by atoms with Crippen LogP contribution in [0.3, 0.4) is 0 Å². The van der Waals surface area contributed by atoms with E-state index in [1.807, 2.05) is 30.3 Å². The van der Waals surface area contributed by atoms with Crippen molar-refractivity contribution in [2.75, 3.05) is 0 Å². The first kappa shape index (κ1) is 20.9. The molecule has 5 atom stereocenters. The Morgan fingerprint density at radius 2 is 1.82 bits per heavy atom. The molecule has 3 N–H and O–H groups in total. The Bertz CT molecular complexity index is 1320. The Kier molecular flexibility index (Phi) is 4.56. The van der Waals surface area contributed by atoms with Crippen molar-refractivity contribution in [2.24, 2.45) is 11.7 Å². The lowest BCUT2D eigenvalue weighted by atomic mass is 10.1. The van der Waals surface area contributed by atoms with Gasteiger partial charge < -0.3 is 16.0 Å². The quantitative estimate of drug-likeness (QED) is 0.591. The molecule has 8 heteroatoms. The first-order valence-electron chi connectivity index (χ1n) is 11.8. The minimum absolute atomic E-state index is 0.0370. The van der Waals surface area contributed by atoms with Crippen molar-refractivity contribution in [2.45, 2.75) is 56.3 Å². The number of nitrogens with two attached hydrogens (primary N) is 1. The van der Waals surface area contributed by atoms with Crippen LogP contribution in [0.5, 0.6) is 0 Å². The first-order valence-corrected chi connectivity index (χ1v) is 11.8. The molecule has 2 heterocycles. The number of benzene rings is 2. The number of primary amides is 1. The second-order valence-electron chi connectivity index (χ2n) is 10.1. The fourth-order valence-corrected chi connectivity index (χ4v) is 5.73. The standard InChI is InChI=1S/C26H27N5O3/c1-26(13-18(26)15-7-3-2-4-8-15)28-25(34)21-12-16-11-20(16)31(21)22(32)14-30-19-10-6-5-9-17(19)23(29-30)24(27)33/h2-10,16,18,20-21H,11-14H2,1H3,(H2,27,33)(H,28,34)/t16-,18-,20-,21+,26+/m1/s1. The van der Waals surface area contributed by atoms with E-state index in [9.17, 15) is 14.4 Å². The number of hydrogen-bond acceptors (Lipinski definition) is 4. The molecule has 34 heavy (non-hydrogen) atoms. The van der Waals surface area contributed by atoms with E-state index in [-0.39, 0.29) is 35.6 Å². The molecule has 6 rings (SSSR count). The maximum atomic E-state index is 13.4. The summed E-state index contributed by atoms with van der Waals surface area (Å²) in [5.74, 6) is -0.194. The third-order valence-corrected chi connectivity index (χ3v) is 7.72. The molecule has 0 spiro atoms. The predicted octanol–water partition coefficient (Wildman–Crippen LogP) is 2.19. The van der Waals surface area contributed by atoms with E-state index in [4.69, 9.17) is 5.73 Å². The summed E-state index contributed by atoms with van der Waals surface area (Å²) in [6.45, 7) is 2.04. The summed E-state index contributed by atoms with van der Waals surface area (Å²) < 4.78 is 1.52. The minimum Gasteiger partial charge on any atom is -0.364 e. The first-order chi connectivity index (χ1) is 16.4. The van der Waals surface area contributed by atoms with E-state index >= 15 is 0 Å². The van der Waals surface area contributed by atoms with Crippen LogP contribution in [0.4, 0.5) is 0 Å². The van der Waals surface area contributed by atoms with Gasteiger partial charge in [0.25, 0.3) is 5.91 Å². The number of aromatic nitrogens is 2. The molecular formula is C26H27N5O3. The van der Waals surface area contributed by atoms with E-state index in [1.165, 1.54) is 10.2 Å². The Morgan fingerprint density at radius 1 is 1.09 bits per heavy atom. The molecule has 0 unspecified atom stereocenters. The number of hydrogen-bond donors (Lipinski definition) is 2. The van der Waals surface area contributed by atoms with Crippen molar-refractivity contribution >= 4 is 28.6 Å². The Labute approximate surface area is 197 Å². The molecule has 1 aliphatic heterocycles. The summed E-state index contributed by atoms with van der Waals surface area (Å²) in [4.78, 5) is 40.3. The summed E-state index contributed by atoms with van der Waals surface area (Å²) >= 11 is 0. The van der Waals surface area contributed by atoms with Crippen molar-refractivity contribution in [1.82, 2.24) is 20.0 Å². The molecule has 2 aliphatic carbocycles. The molecule has 3 aromatic rings. The second kappa shape index (κ2) is 7.41. The molecule has 8 nitrogen and oxygen atoms in total. The van der Waals surface area contributed by atoms with E-state index in [1.54, 1.807) is 17.0 Å². The number of piperidine rings is 1. The number of fused-ring (bicyclic) bond motifs is 2. The molecule has 2 saturated carbocycles. The summed E-state index contributed by atoms with van der Waals surface area (Å²) in [5, 5.41) is 8.18. The average Bonchev–Trinajstić information content (AvgIpc) is 3.65. The SMILES string of the molecule is C[C@]1(NC(=O)[C@@H]2C[C@H]3C[C@H]3N2C(=O)Cn2nc(C(N)=O)c3ccccc32)C[C@@H]1c1ccccc1. The molecule has 3 fully saturated rings. The van der Waals surface area contributed by atoms with Crippen LogP contribution >= 0.6 is 0 Å². The van der Waals surface area contributed by atoms with Gasteiger partial charge in [0.05, 0.1) is 5.52 Å². The van der Waals surface area contributed by atoms with Gasteiger partial charge in [-0.25, -0.2) is 0 Å². The lowest BCUT2D eigenvalue weighted by molar-refractivity contribution is -0.140. The zero-order chi connectivity index (χ0) is 23.6. The van der Waals surface area contributed by atoms with Crippen molar-refractivity contribution in [3.8, 4) is 0 Å². The lowest BCUT2D eigenvalue weighted by Gasteiger charge is -2.28. The molecule has 2 aromatic carbocycles. The largest absolute Gasteiger partial charge is 0.364 e. The summed E-state index contributed by atoms with van der Waals surface area (Å²) in [6, 6.07) is 17.1. The Hall–Kier alpha value is -3.68. The van der Waals surface area contributed by atoms with Gasteiger partial charge in [-0.1, -0.05) is 48.5 Å². The summed E-state index contributed by atoms with van der Waals surface area (Å²) in [5.41, 5.74) is 7.26. The monoisotopic (exact) mass is 457 g/mol. The lowest BCUT2D eigenvalue weighted by Crippen LogP contribution is -2.51. The highest BCUT2D eigenvalue weighted by molar-refractivity contribution is 6.04. The average molecular weight is 458 g/mol. The van der Waals surface area contributed by atoms with Crippen LogP contribution in [-0.4, -0.2) is 50.0 Å². The van der Waals surface area contributed by atoms with Crippen molar-refractivity contribution < 1.29 is 14.4 Å². The number of nitrogens with one attached hydrogen (secondary N) is 1. The van der Waals surface area contributed by atoms with Gasteiger partial charge in [-0.05, 0) is 43.7 Å². The van der Waals surface area contributed by atoms with Crippen molar-refractivity contribution in [1.29, 1.82) is 0 Å². The Morgan fingerprint density at radius 3 is 2.59 bits per heavy atom. The van der Waals surface area contributed by atoms with Gasteiger partial charge in [-0.15, -0.1) is 0 Å². The van der Waals surface area contributed by atoms with Crippen LogP contribution in [0.2, 0.25) is 0 Å². The van der Waals surface area contributed by atoms with E-state index in [2.05, 4.69) is 29.5 Å². The van der Waals surface area contributed by atoms with Crippen LogP contribution in [0.15, 0.2) is 54.6 Å². The zero-order valence-corrected chi connectivity index (χ0v) is 19.0. The van der Waals surface area contributed by atoms with Gasteiger partial charge in [0.1, 0.15) is 12.6 Å². The number of rotatable bonds is 6. The van der Waals surface area contributed by atoms with Gasteiger partial charge in [-0.2, -0.15) is 5.10 Å². The van der Waals surface area contributed by atoms with Crippen LogP contribution in [0, 0.1) is 5.92 Å². The summed E-state index contributed by atoms with van der Waals surface area (Å²) in [7, 11) is 0. The summed E-state index contributed by atoms with van der Waals surface area (Å²) in [6.07, 6.45) is 2.53. The van der Waals surface area contributed by atoms with Gasteiger partial charge in [0.2, 0.25) is 11.8 Å². The normalized spacial score (nSPS) is 29.0. The number of carbonyl (C=O) groups excluding carboxylic acids is 3. The van der Waals surface area contributed by atoms with E-state index in [0.29, 0.717) is 29.2 Å². The van der Waals surface area contributed by atoms with Gasteiger partial charge in [0.15, 0.2) is 5.69 Å². The molecule has 0 radical (unpaired) electrons. The fraction of sp³-hybridized carbons (Fsp3) is 0.385. The number of amides is 3. The third-order valence-electron chi connectivity index (χ3n) is 7.72. The van der Waals surface area contributed by atoms with E-state index < -0.39 is 11.9 Å². The van der Waals surface area contributed by atoms with Crippen LogP contribution in [0.25, 0.3) is 10.9 Å². The topological polar surface area (TPSA) is 110 Å². The minimum atomic E-state index is -0.631. The van der Waals surface area contributed by atoms with Crippen LogP contribution in [0.1, 0.15) is 48.2 Å². The molecule has 1 saturated heterocycles. The van der Waals surface area contributed by atoms with Crippen molar-refractivity contribution in [3.63, 3.8) is 0 Å². The molecule has 0 bridgehead atoms. The maximum absolute atomic E-state index is 13.4. The number of carbonyl (C=O) groups is 3. The number of likely N-dealkylation sites (tertiary alicyclic amines) is 1. The fourth-order valence-electron chi connectivity index (χ4n) is 5.73.